The highest BCUT2D eigenvalue weighted by atomic mass is 32.2. The smallest absolute Gasteiger partial charge is 0.243 e. The molecule has 4 rings (SSSR count). The van der Waals surface area contributed by atoms with E-state index in [4.69, 9.17) is 0 Å². The number of hydrogen-bond donors (Lipinski definition) is 3. The van der Waals surface area contributed by atoms with Gasteiger partial charge in [0.05, 0.1) is 10.5 Å². The number of allylic oxidation sites excluding steroid dienone is 2. The second kappa shape index (κ2) is 10.5. The molecular formula is C26H38N6O3S. The Balaban J connectivity index is 1.42. The minimum atomic E-state index is -3.63. The minimum absolute atomic E-state index is 0.0485. The van der Waals surface area contributed by atoms with Gasteiger partial charge in [0.2, 0.25) is 16.0 Å². The van der Waals surface area contributed by atoms with Gasteiger partial charge in [0.15, 0.2) is 0 Å². The van der Waals surface area contributed by atoms with Crippen LogP contribution in [-0.4, -0.2) is 70.0 Å². The van der Waals surface area contributed by atoms with Crippen LogP contribution in [-0.2, 0) is 10.0 Å². The van der Waals surface area contributed by atoms with Crippen LogP contribution in [0, 0.1) is 0 Å². The zero-order chi connectivity index (χ0) is 26.1. The maximum atomic E-state index is 13.4. The fraction of sp³-hybridized carbons (Fsp3) is 0.538. The second-order valence-electron chi connectivity index (χ2n) is 10.5. The van der Waals surface area contributed by atoms with Gasteiger partial charge in [0.1, 0.15) is 5.82 Å². The summed E-state index contributed by atoms with van der Waals surface area (Å²) in [6.07, 6.45) is 7.30. The van der Waals surface area contributed by atoms with Gasteiger partial charge in [0.25, 0.3) is 0 Å². The van der Waals surface area contributed by atoms with Crippen molar-refractivity contribution in [3.63, 3.8) is 0 Å². The average molecular weight is 515 g/mol. The van der Waals surface area contributed by atoms with E-state index in [-0.39, 0.29) is 10.9 Å². The molecule has 2 fully saturated rings. The molecule has 0 aliphatic carbocycles. The number of nitrogens with one attached hydrogen (secondary N) is 2. The van der Waals surface area contributed by atoms with E-state index in [1.54, 1.807) is 47.9 Å². The number of rotatable bonds is 9. The molecule has 0 radical (unpaired) electrons. The number of sulfonamides is 1. The molecule has 1 aromatic carbocycles. The molecule has 36 heavy (non-hydrogen) atoms. The summed E-state index contributed by atoms with van der Waals surface area (Å²) in [4.78, 5) is 11.3. The van der Waals surface area contributed by atoms with Crippen molar-refractivity contribution in [2.75, 3.05) is 24.2 Å². The third-order valence-corrected chi connectivity index (χ3v) is 9.07. The Morgan fingerprint density at radius 1 is 1.19 bits per heavy atom. The van der Waals surface area contributed by atoms with E-state index in [1.807, 2.05) is 33.8 Å². The Bertz CT molecular complexity index is 1180. The standard InChI is InChI=1S/C26H38N6O3S/c1-6-18(2)28-24-13-14-27-25(30-24)29-19-7-11-23(12-8-19)36(34,35)31(5)22-15-20-9-10-21(16-22)32(20)17-26(3,4)33/h6-8,11-14,20-22,33H,9-10,15-17H2,1-5H3,(H2,27,28,29,30)/b18-6+. The van der Waals surface area contributed by atoms with E-state index in [1.165, 1.54) is 0 Å². The van der Waals surface area contributed by atoms with Crippen molar-refractivity contribution >= 4 is 27.5 Å². The summed E-state index contributed by atoms with van der Waals surface area (Å²) in [6.45, 7) is 8.18. The van der Waals surface area contributed by atoms with Crippen molar-refractivity contribution in [1.82, 2.24) is 19.2 Å². The summed E-state index contributed by atoms with van der Waals surface area (Å²) in [7, 11) is -1.94. The van der Waals surface area contributed by atoms with E-state index < -0.39 is 15.6 Å². The van der Waals surface area contributed by atoms with Crippen LogP contribution in [0.25, 0.3) is 0 Å². The van der Waals surface area contributed by atoms with Crippen LogP contribution in [0.1, 0.15) is 53.4 Å². The number of piperidine rings is 1. The van der Waals surface area contributed by atoms with Gasteiger partial charge in [-0.1, -0.05) is 6.08 Å². The van der Waals surface area contributed by atoms with Crippen LogP contribution >= 0.6 is 0 Å². The number of benzene rings is 1. The maximum Gasteiger partial charge on any atom is 0.243 e. The van der Waals surface area contributed by atoms with Crippen LogP contribution in [0.15, 0.2) is 53.2 Å². The Morgan fingerprint density at radius 3 is 2.42 bits per heavy atom. The molecule has 2 saturated heterocycles. The molecule has 10 heteroatoms. The topological polar surface area (TPSA) is 111 Å². The number of fused-ring (bicyclic) bond motifs is 2. The van der Waals surface area contributed by atoms with Crippen molar-refractivity contribution in [3.05, 3.63) is 48.3 Å². The van der Waals surface area contributed by atoms with Crippen LogP contribution in [0.3, 0.4) is 0 Å². The molecule has 0 amide bonds. The fourth-order valence-corrected chi connectivity index (χ4v) is 6.59. The summed E-state index contributed by atoms with van der Waals surface area (Å²) in [5.41, 5.74) is 0.930. The molecule has 0 saturated carbocycles. The van der Waals surface area contributed by atoms with E-state index in [0.717, 1.165) is 31.4 Å². The van der Waals surface area contributed by atoms with E-state index in [2.05, 4.69) is 25.5 Å². The molecule has 2 aliphatic rings. The normalized spacial score (nSPS) is 23.2. The van der Waals surface area contributed by atoms with Gasteiger partial charge in [0, 0.05) is 49.3 Å². The first-order chi connectivity index (χ1) is 17.0. The number of nitrogens with zero attached hydrogens (tertiary/aromatic N) is 4. The highest BCUT2D eigenvalue weighted by molar-refractivity contribution is 7.89. The van der Waals surface area contributed by atoms with Crippen LogP contribution in [0.2, 0.25) is 0 Å². The first-order valence-corrected chi connectivity index (χ1v) is 14.0. The van der Waals surface area contributed by atoms with E-state index in [0.29, 0.717) is 36.1 Å². The monoisotopic (exact) mass is 514 g/mol. The molecule has 0 spiro atoms. The van der Waals surface area contributed by atoms with Crippen molar-refractivity contribution in [2.45, 2.75) is 82.0 Å². The van der Waals surface area contributed by atoms with Crippen LogP contribution in [0.4, 0.5) is 17.5 Å². The quantitative estimate of drug-likeness (QED) is 0.462. The van der Waals surface area contributed by atoms with Gasteiger partial charge in [-0.15, -0.1) is 0 Å². The summed E-state index contributed by atoms with van der Waals surface area (Å²) in [5, 5.41) is 16.6. The first-order valence-electron chi connectivity index (χ1n) is 12.5. The highest BCUT2D eigenvalue weighted by Crippen LogP contribution is 2.39. The fourth-order valence-electron chi connectivity index (χ4n) is 5.21. The summed E-state index contributed by atoms with van der Waals surface area (Å²) >= 11 is 0. The Morgan fingerprint density at radius 2 is 1.83 bits per heavy atom. The lowest BCUT2D eigenvalue weighted by Gasteiger charge is -2.43. The SMILES string of the molecule is C/C=C(\C)Nc1ccnc(Nc2ccc(S(=O)(=O)N(C)C3CC4CCC(C3)N4CC(C)(C)O)cc2)n1. The molecule has 2 aliphatic heterocycles. The molecule has 2 unspecified atom stereocenters. The number of aliphatic hydroxyl groups is 1. The summed E-state index contributed by atoms with van der Waals surface area (Å²) in [6, 6.07) is 9.07. The average Bonchev–Trinajstić information content (AvgIpc) is 3.03. The number of anilines is 3. The van der Waals surface area contributed by atoms with Crippen molar-refractivity contribution in [2.24, 2.45) is 0 Å². The minimum Gasteiger partial charge on any atom is -0.389 e. The molecule has 196 valence electrons. The van der Waals surface area contributed by atoms with Gasteiger partial charge in [-0.25, -0.2) is 13.4 Å². The predicted molar refractivity (Wildman–Crippen MR) is 143 cm³/mol. The zero-order valence-corrected chi connectivity index (χ0v) is 22.6. The molecule has 2 atom stereocenters. The molecule has 3 heterocycles. The van der Waals surface area contributed by atoms with Gasteiger partial charge in [-0.3, -0.25) is 4.90 Å². The third-order valence-electron chi connectivity index (χ3n) is 7.14. The Kier molecular flexibility index (Phi) is 7.70. The second-order valence-corrected chi connectivity index (χ2v) is 12.5. The number of aromatic nitrogens is 2. The first kappa shape index (κ1) is 26.5. The Hall–Kier alpha value is -2.53. The van der Waals surface area contributed by atoms with Crippen LogP contribution in [0.5, 0.6) is 0 Å². The van der Waals surface area contributed by atoms with Crippen molar-refractivity contribution in [1.29, 1.82) is 0 Å². The van der Waals surface area contributed by atoms with Crippen molar-refractivity contribution in [3.8, 4) is 0 Å². The number of hydrogen-bond acceptors (Lipinski definition) is 8. The van der Waals surface area contributed by atoms with Gasteiger partial charge < -0.3 is 15.7 Å². The lowest BCUT2D eigenvalue weighted by molar-refractivity contribution is -0.00335. The largest absolute Gasteiger partial charge is 0.389 e. The van der Waals surface area contributed by atoms with Gasteiger partial charge >= 0.3 is 0 Å². The summed E-state index contributed by atoms with van der Waals surface area (Å²) < 4.78 is 28.4. The van der Waals surface area contributed by atoms with E-state index in [9.17, 15) is 13.5 Å². The highest BCUT2D eigenvalue weighted by Gasteiger charge is 2.45. The third kappa shape index (κ3) is 6.05. The van der Waals surface area contributed by atoms with Crippen LogP contribution < -0.4 is 10.6 Å². The van der Waals surface area contributed by atoms with E-state index >= 15 is 0 Å². The lowest BCUT2D eigenvalue weighted by atomic mass is 9.95. The summed E-state index contributed by atoms with van der Waals surface area (Å²) in [5.74, 6) is 1.09. The maximum absolute atomic E-state index is 13.4. The molecular weight excluding hydrogens is 476 g/mol. The van der Waals surface area contributed by atoms with Gasteiger partial charge in [-0.2, -0.15) is 9.29 Å². The molecule has 3 N–H and O–H groups in total. The Labute approximate surface area is 214 Å². The van der Waals surface area contributed by atoms with Gasteiger partial charge in [-0.05, 0) is 83.7 Å². The molecule has 9 nitrogen and oxygen atoms in total. The predicted octanol–water partition coefficient (Wildman–Crippen LogP) is 3.94. The zero-order valence-electron chi connectivity index (χ0n) is 21.8. The molecule has 1 aromatic heterocycles. The lowest BCUT2D eigenvalue weighted by Crippen LogP contribution is -2.54. The molecule has 2 aromatic rings. The molecule has 2 bridgehead atoms. The van der Waals surface area contributed by atoms with Crippen molar-refractivity contribution < 1.29 is 13.5 Å².